The summed E-state index contributed by atoms with van der Waals surface area (Å²) in [5.41, 5.74) is 0.819. The molecular formula is C22H13NO2S. The van der Waals surface area contributed by atoms with Crippen molar-refractivity contribution in [2.75, 3.05) is 0 Å². The molecule has 0 saturated heterocycles. The highest BCUT2D eigenvalue weighted by molar-refractivity contribution is 7.23. The summed E-state index contributed by atoms with van der Waals surface area (Å²) in [4.78, 5) is 12.1. The van der Waals surface area contributed by atoms with E-state index in [2.05, 4.69) is 42.5 Å². The second kappa shape index (κ2) is 5.64. The zero-order chi connectivity index (χ0) is 17.7. The molecule has 0 unspecified atom stereocenters. The number of nitro groups is 1. The first kappa shape index (κ1) is 15.0. The molecule has 0 spiro atoms. The number of benzene rings is 4. The molecule has 0 amide bonds. The van der Waals surface area contributed by atoms with Crippen LogP contribution in [0.4, 0.5) is 5.69 Å². The van der Waals surface area contributed by atoms with Gasteiger partial charge in [-0.05, 0) is 28.3 Å². The zero-order valence-corrected chi connectivity index (χ0v) is 14.5. The molecule has 5 aromatic rings. The molecule has 26 heavy (non-hydrogen) atoms. The summed E-state index contributed by atoms with van der Waals surface area (Å²) in [5.74, 6) is 0. The smallest absolute Gasteiger partial charge is 0.258 e. The maximum Gasteiger partial charge on any atom is 0.278 e. The molecule has 0 saturated carbocycles. The maximum atomic E-state index is 11.4. The Kier molecular flexibility index (Phi) is 3.27. The third kappa shape index (κ3) is 2.13. The van der Waals surface area contributed by atoms with Crippen LogP contribution >= 0.6 is 11.3 Å². The number of nitro benzene ring substituents is 1. The van der Waals surface area contributed by atoms with Crippen LogP contribution in [-0.4, -0.2) is 4.92 Å². The SMILES string of the molecule is O=[N+]([O-])c1ccccc1-c1cc2c3ccccc3c3ccccc3c2s1. The van der Waals surface area contributed by atoms with Crippen molar-refractivity contribution < 1.29 is 4.92 Å². The lowest BCUT2D eigenvalue weighted by atomic mass is 9.98. The quantitative estimate of drug-likeness (QED) is 0.199. The molecule has 3 nitrogen and oxygen atoms in total. The molecule has 4 aromatic carbocycles. The van der Waals surface area contributed by atoms with E-state index in [1.807, 2.05) is 24.3 Å². The van der Waals surface area contributed by atoms with Crippen LogP contribution in [0.15, 0.2) is 78.9 Å². The Morgan fingerprint density at radius 3 is 1.92 bits per heavy atom. The number of fused-ring (bicyclic) bond motifs is 6. The van der Waals surface area contributed by atoms with E-state index in [0.717, 1.165) is 10.3 Å². The minimum Gasteiger partial charge on any atom is -0.258 e. The third-order valence-corrected chi connectivity index (χ3v) is 5.98. The fourth-order valence-corrected chi connectivity index (χ4v) is 4.88. The first-order chi connectivity index (χ1) is 12.7. The summed E-state index contributed by atoms with van der Waals surface area (Å²) in [6, 6.07) is 25.8. The van der Waals surface area contributed by atoms with Crippen molar-refractivity contribution in [2.24, 2.45) is 0 Å². The fourth-order valence-electron chi connectivity index (χ4n) is 3.63. The first-order valence-corrected chi connectivity index (χ1v) is 9.12. The Bertz CT molecular complexity index is 1250. The van der Waals surface area contributed by atoms with Crippen molar-refractivity contribution >= 4 is 48.7 Å². The Labute approximate surface area is 153 Å². The van der Waals surface area contributed by atoms with Crippen LogP contribution in [0.3, 0.4) is 0 Å². The first-order valence-electron chi connectivity index (χ1n) is 8.31. The monoisotopic (exact) mass is 355 g/mol. The number of thiophene rings is 1. The lowest BCUT2D eigenvalue weighted by molar-refractivity contribution is -0.384. The standard InChI is InChI=1S/C22H13NO2S/c24-23(25)20-12-6-5-11-18(20)21-13-19-16-9-2-1-7-14(16)15-8-3-4-10-17(15)22(19)26-21/h1-13H. The number of rotatable bonds is 2. The van der Waals surface area contributed by atoms with E-state index in [1.165, 1.54) is 26.2 Å². The van der Waals surface area contributed by atoms with Crippen LogP contribution in [0.1, 0.15) is 0 Å². The normalized spacial score (nSPS) is 11.4. The van der Waals surface area contributed by atoms with Crippen LogP contribution < -0.4 is 0 Å². The van der Waals surface area contributed by atoms with E-state index in [1.54, 1.807) is 23.5 Å². The average molecular weight is 355 g/mol. The molecule has 0 atom stereocenters. The molecule has 0 aliphatic heterocycles. The molecule has 0 bridgehead atoms. The van der Waals surface area contributed by atoms with Gasteiger partial charge in [0.15, 0.2) is 0 Å². The van der Waals surface area contributed by atoms with Gasteiger partial charge in [-0.2, -0.15) is 0 Å². The predicted molar refractivity (Wildman–Crippen MR) is 109 cm³/mol. The van der Waals surface area contributed by atoms with Gasteiger partial charge < -0.3 is 0 Å². The average Bonchev–Trinajstić information content (AvgIpc) is 3.14. The summed E-state index contributed by atoms with van der Waals surface area (Å²) >= 11 is 1.62. The van der Waals surface area contributed by atoms with Crippen LogP contribution in [0, 0.1) is 10.1 Å². The Morgan fingerprint density at radius 2 is 1.23 bits per heavy atom. The van der Waals surface area contributed by atoms with E-state index < -0.39 is 0 Å². The lowest BCUT2D eigenvalue weighted by Gasteiger charge is -2.06. The van der Waals surface area contributed by atoms with Gasteiger partial charge in [0.2, 0.25) is 0 Å². The van der Waals surface area contributed by atoms with Gasteiger partial charge in [-0.25, -0.2) is 0 Å². The second-order valence-corrected chi connectivity index (χ2v) is 7.27. The number of hydrogen-bond acceptors (Lipinski definition) is 3. The van der Waals surface area contributed by atoms with E-state index >= 15 is 0 Å². The van der Waals surface area contributed by atoms with Gasteiger partial charge in [0.1, 0.15) is 0 Å². The third-order valence-electron chi connectivity index (χ3n) is 4.78. The van der Waals surface area contributed by atoms with Crippen molar-refractivity contribution in [1.82, 2.24) is 0 Å². The molecule has 0 N–H and O–H groups in total. The van der Waals surface area contributed by atoms with Gasteiger partial charge in [-0.15, -0.1) is 11.3 Å². The van der Waals surface area contributed by atoms with E-state index in [-0.39, 0.29) is 10.6 Å². The second-order valence-electron chi connectivity index (χ2n) is 6.22. The molecule has 0 aliphatic carbocycles. The minimum atomic E-state index is -0.310. The summed E-state index contributed by atoms with van der Waals surface area (Å²) in [5, 5.41) is 17.4. The van der Waals surface area contributed by atoms with Gasteiger partial charge in [0.05, 0.1) is 10.5 Å². The molecule has 0 aliphatic rings. The predicted octanol–water partition coefficient (Wildman–Crippen LogP) is 6.78. The Balaban J connectivity index is 1.94. The minimum absolute atomic E-state index is 0.146. The van der Waals surface area contributed by atoms with Crippen molar-refractivity contribution in [3.63, 3.8) is 0 Å². The molecule has 4 heteroatoms. The zero-order valence-electron chi connectivity index (χ0n) is 13.7. The van der Waals surface area contributed by atoms with Crippen LogP contribution in [0.25, 0.3) is 42.1 Å². The Hall–Kier alpha value is -3.24. The van der Waals surface area contributed by atoms with Gasteiger partial charge in [-0.3, -0.25) is 10.1 Å². The molecule has 0 fully saturated rings. The van der Waals surface area contributed by atoms with Crippen LogP contribution in [-0.2, 0) is 0 Å². The highest BCUT2D eigenvalue weighted by Gasteiger charge is 2.18. The molecule has 1 heterocycles. The van der Waals surface area contributed by atoms with E-state index in [4.69, 9.17) is 0 Å². The maximum absolute atomic E-state index is 11.4. The highest BCUT2D eigenvalue weighted by atomic mass is 32.1. The molecule has 0 radical (unpaired) electrons. The Morgan fingerprint density at radius 1 is 0.692 bits per heavy atom. The van der Waals surface area contributed by atoms with Crippen molar-refractivity contribution in [2.45, 2.75) is 0 Å². The fraction of sp³-hybridized carbons (Fsp3) is 0. The molecule has 124 valence electrons. The van der Waals surface area contributed by atoms with Crippen molar-refractivity contribution in [3.05, 3.63) is 89.0 Å². The molecular weight excluding hydrogens is 342 g/mol. The molecule has 5 rings (SSSR count). The highest BCUT2D eigenvalue weighted by Crippen LogP contribution is 2.44. The van der Waals surface area contributed by atoms with Crippen molar-refractivity contribution in [1.29, 1.82) is 0 Å². The van der Waals surface area contributed by atoms with Crippen molar-refractivity contribution in [3.8, 4) is 10.4 Å². The summed E-state index contributed by atoms with van der Waals surface area (Å²) in [7, 11) is 0. The van der Waals surface area contributed by atoms with Crippen LogP contribution in [0.5, 0.6) is 0 Å². The number of nitrogens with zero attached hydrogens (tertiary/aromatic N) is 1. The number of hydrogen-bond donors (Lipinski definition) is 0. The van der Waals surface area contributed by atoms with Gasteiger partial charge in [-0.1, -0.05) is 60.7 Å². The van der Waals surface area contributed by atoms with Gasteiger partial charge in [0, 0.05) is 26.4 Å². The number of para-hydroxylation sites is 1. The largest absolute Gasteiger partial charge is 0.278 e. The van der Waals surface area contributed by atoms with E-state index in [9.17, 15) is 10.1 Å². The van der Waals surface area contributed by atoms with Gasteiger partial charge >= 0.3 is 0 Å². The summed E-state index contributed by atoms with van der Waals surface area (Å²) in [6.07, 6.45) is 0. The van der Waals surface area contributed by atoms with E-state index in [0.29, 0.717) is 5.56 Å². The topological polar surface area (TPSA) is 43.1 Å². The molecule has 1 aromatic heterocycles. The summed E-state index contributed by atoms with van der Waals surface area (Å²) < 4.78 is 1.17. The van der Waals surface area contributed by atoms with Crippen LogP contribution in [0.2, 0.25) is 0 Å². The van der Waals surface area contributed by atoms with Gasteiger partial charge in [0.25, 0.3) is 5.69 Å². The lowest BCUT2D eigenvalue weighted by Crippen LogP contribution is -1.89. The summed E-state index contributed by atoms with van der Waals surface area (Å²) in [6.45, 7) is 0.